The van der Waals surface area contributed by atoms with E-state index in [4.69, 9.17) is 30.3 Å². The third-order valence-corrected chi connectivity index (χ3v) is 0.183. The SMILES string of the molecule is N#CC(=O)[O-].N#CC(=O)[O-].[Ca+2]. The van der Waals surface area contributed by atoms with Crippen molar-refractivity contribution in [3.8, 4) is 12.1 Å². The monoisotopic (exact) mass is 180 g/mol. The van der Waals surface area contributed by atoms with Gasteiger partial charge >= 0.3 is 37.7 Å². The second-order valence-corrected chi connectivity index (χ2v) is 0.799. The van der Waals surface area contributed by atoms with Gasteiger partial charge in [0.1, 0.15) is 24.1 Å². The smallest absolute Gasteiger partial charge is 0.535 e. The first-order valence-corrected chi connectivity index (χ1v) is 1.76. The fraction of sp³-hybridized carbons (Fsp3) is 0. The first kappa shape index (κ1) is 16.6. The summed E-state index contributed by atoms with van der Waals surface area (Å²) in [7, 11) is 0. The molecule has 0 aromatic carbocycles. The van der Waals surface area contributed by atoms with Gasteiger partial charge in [-0.3, -0.25) is 0 Å². The van der Waals surface area contributed by atoms with Crippen LogP contribution in [0.15, 0.2) is 0 Å². The molecule has 6 nitrogen and oxygen atoms in total. The Morgan fingerprint density at radius 1 is 1.00 bits per heavy atom. The summed E-state index contributed by atoms with van der Waals surface area (Å²) in [5.74, 6) is -3.38. The fourth-order valence-electron chi connectivity index (χ4n) is 0. The summed E-state index contributed by atoms with van der Waals surface area (Å²) >= 11 is 0. The summed E-state index contributed by atoms with van der Waals surface area (Å²) in [6, 6.07) is 1.67. The topological polar surface area (TPSA) is 128 Å². The molecule has 0 amide bonds. The Bertz CT molecular complexity index is 189. The van der Waals surface area contributed by atoms with E-state index in [-0.39, 0.29) is 37.7 Å². The van der Waals surface area contributed by atoms with Crippen LogP contribution in [-0.4, -0.2) is 49.7 Å². The van der Waals surface area contributed by atoms with Crippen LogP contribution in [0.4, 0.5) is 0 Å². The second-order valence-electron chi connectivity index (χ2n) is 0.799. The van der Waals surface area contributed by atoms with Crippen molar-refractivity contribution in [2.75, 3.05) is 0 Å². The van der Waals surface area contributed by atoms with Crippen molar-refractivity contribution in [3.05, 3.63) is 0 Å². The van der Waals surface area contributed by atoms with E-state index >= 15 is 0 Å². The number of carbonyl (C=O) groups is 2. The molecule has 0 saturated carbocycles. The molecular formula is C4CaN2O4. The minimum absolute atomic E-state index is 0. The maximum atomic E-state index is 8.90. The van der Waals surface area contributed by atoms with Gasteiger partial charge in [0.2, 0.25) is 0 Å². The van der Waals surface area contributed by atoms with Crippen molar-refractivity contribution in [1.29, 1.82) is 10.5 Å². The van der Waals surface area contributed by atoms with Gasteiger partial charge in [0.05, 0.1) is 0 Å². The molecule has 0 aliphatic rings. The minimum Gasteiger partial charge on any atom is -0.535 e. The molecule has 0 aliphatic carbocycles. The molecule has 0 heterocycles. The van der Waals surface area contributed by atoms with Gasteiger partial charge in [-0.25, -0.2) is 0 Å². The van der Waals surface area contributed by atoms with Gasteiger partial charge in [-0.05, 0) is 0 Å². The molecule has 0 radical (unpaired) electrons. The summed E-state index contributed by atoms with van der Waals surface area (Å²) in [4.78, 5) is 17.8. The van der Waals surface area contributed by atoms with Crippen LogP contribution in [0.1, 0.15) is 0 Å². The van der Waals surface area contributed by atoms with Gasteiger partial charge in [0.15, 0.2) is 0 Å². The summed E-state index contributed by atoms with van der Waals surface area (Å²) in [5, 5.41) is 32.3. The van der Waals surface area contributed by atoms with E-state index in [0.29, 0.717) is 0 Å². The number of rotatable bonds is 0. The number of carbonyl (C=O) groups excluding carboxylic acids is 2. The first-order chi connectivity index (χ1) is 4.54. The molecule has 0 fully saturated rings. The predicted molar refractivity (Wildman–Crippen MR) is 27.0 cm³/mol. The van der Waals surface area contributed by atoms with Gasteiger partial charge in [-0.2, -0.15) is 10.5 Å². The average Bonchev–Trinajstić information content (AvgIpc) is 1.89. The van der Waals surface area contributed by atoms with Crippen molar-refractivity contribution >= 4 is 49.7 Å². The standard InChI is InChI=1S/2C2HNO2.Ca/c2*3-1-2(4)5;/h2*(H,4,5);/q;;+2/p-2. The Balaban J connectivity index is -0.000000107. The molecule has 0 aromatic rings. The molecule has 0 aromatic heterocycles. The third-order valence-electron chi connectivity index (χ3n) is 0.183. The van der Waals surface area contributed by atoms with Crippen molar-refractivity contribution in [2.24, 2.45) is 0 Å². The van der Waals surface area contributed by atoms with Crippen LogP contribution in [-0.2, 0) is 9.59 Å². The van der Waals surface area contributed by atoms with Crippen LogP contribution >= 0.6 is 0 Å². The molecule has 0 aliphatic heterocycles. The fourth-order valence-corrected chi connectivity index (χ4v) is 0. The summed E-state index contributed by atoms with van der Waals surface area (Å²) < 4.78 is 0. The number of nitriles is 2. The molecule has 0 rings (SSSR count). The van der Waals surface area contributed by atoms with Crippen molar-refractivity contribution in [2.45, 2.75) is 0 Å². The van der Waals surface area contributed by atoms with E-state index in [9.17, 15) is 0 Å². The van der Waals surface area contributed by atoms with Crippen LogP contribution in [0, 0.1) is 22.7 Å². The predicted octanol–water partition coefficient (Wildman–Crippen LogP) is -3.86. The normalized spacial score (nSPS) is 4.91. The Morgan fingerprint density at radius 2 is 1.09 bits per heavy atom. The maximum absolute atomic E-state index is 8.90. The number of carboxylic acid groups (broad SMARTS) is 2. The zero-order valence-electron chi connectivity index (χ0n) is 5.23. The van der Waals surface area contributed by atoms with E-state index in [0.717, 1.165) is 12.1 Å². The van der Waals surface area contributed by atoms with Gasteiger partial charge < -0.3 is 19.8 Å². The van der Waals surface area contributed by atoms with Gasteiger partial charge in [-0.1, -0.05) is 0 Å². The molecule has 52 valence electrons. The average molecular weight is 180 g/mol. The largest absolute Gasteiger partial charge is 2.00 e. The molecule has 0 unspecified atom stereocenters. The Labute approximate surface area is 91.7 Å². The summed E-state index contributed by atoms with van der Waals surface area (Å²) in [5.41, 5.74) is 0. The van der Waals surface area contributed by atoms with Crippen molar-refractivity contribution in [1.82, 2.24) is 0 Å². The van der Waals surface area contributed by atoms with E-state index in [1.165, 1.54) is 0 Å². The van der Waals surface area contributed by atoms with Crippen molar-refractivity contribution < 1.29 is 19.8 Å². The second kappa shape index (κ2) is 11.9. The molecule has 0 bridgehead atoms. The Hall–Kier alpha value is -0.820. The van der Waals surface area contributed by atoms with Gasteiger partial charge in [0, 0.05) is 0 Å². The number of carboxylic acids is 2. The quantitative estimate of drug-likeness (QED) is 0.277. The number of hydrogen-bond donors (Lipinski definition) is 0. The van der Waals surface area contributed by atoms with Crippen LogP contribution in [0.2, 0.25) is 0 Å². The van der Waals surface area contributed by atoms with E-state index in [1.807, 2.05) is 0 Å². The van der Waals surface area contributed by atoms with Gasteiger partial charge in [-0.15, -0.1) is 0 Å². The van der Waals surface area contributed by atoms with E-state index in [2.05, 4.69) is 0 Å². The maximum Gasteiger partial charge on any atom is 2.00 e. The van der Waals surface area contributed by atoms with Crippen LogP contribution in [0.25, 0.3) is 0 Å². The zero-order chi connectivity index (χ0) is 8.57. The molecule has 0 saturated heterocycles. The van der Waals surface area contributed by atoms with E-state index in [1.54, 1.807) is 0 Å². The molecular weight excluding hydrogens is 180 g/mol. The zero-order valence-corrected chi connectivity index (χ0v) is 7.44. The third kappa shape index (κ3) is 46.8. The summed E-state index contributed by atoms with van der Waals surface area (Å²) in [6.07, 6.45) is 0. The van der Waals surface area contributed by atoms with Crippen LogP contribution in [0.5, 0.6) is 0 Å². The molecule has 0 atom stereocenters. The van der Waals surface area contributed by atoms with Crippen LogP contribution < -0.4 is 10.2 Å². The first-order valence-electron chi connectivity index (χ1n) is 1.76. The number of aliphatic carboxylic acids is 2. The van der Waals surface area contributed by atoms with Crippen LogP contribution in [0.3, 0.4) is 0 Å². The number of hydrogen-bond acceptors (Lipinski definition) is 6. The number of nitrogens with zero attached hydrogens (tertiary/aromatic N) is 2. The molecule has 11 heavy (non-hydrogen) atoms. The Morgan fingerprint density at radius 3 is 1.09 bits per heavy atom. The molecule has 7 heteroatoms. The minimum atomic E-state index is -1.69. The molecule has 0 spiro atoms. The van der Waals surface area contributed by atoms with Crippen molar-refractivity contribution in [3.63, 3.8) is 0 Å². The van der Waals surface area contributed by atoms with E-state index < -0.39 is 11.9 Å². The Kier molecular flexibility index (Phi) is 18.0. The molecule has 0 N–H and O–H groups in total. The summed E-state index contributed by atoms with van der Waals surface area (Å²) in [6.45, 7) is 0. The van der Waals surface area contributed by atoms with Gasteiger partial charge in [0.25, 0.3) is 0 Å².